The molecule has 0 spiro atoms. The fourth-order valence-corrected chi connectivity index (χ4v) is 1.97. The van der Waals surface area contributed by atoms with Crippen molar-refractivity contribution in [3.05, 3.63) is 78.0 Å². The molecule has 0 aliphatic heterocycles. The number of para-hydroxylation sites is 1. The summed E-state index contributed by atoms with van der Waals surface area (Å²) in [5.41, 5.74) is 9.88. The number of amides is 2. The quantitative estimate of drug-likeness (QED) is 0.279. The molecule has 5 N–H and O–H groups in total. The van der Waals surface area contributed by atoms with Gasteiger partial charge >= 0.3 is 17.1 Å². The Morgan fingerprint density at radius 3 is 2.10 bits per heavy atom. The number of aromatic nitrogens is 2. The van der Waals surface area contributed by atoms with Gasteiger partial charge in [-0.3, -0.25) is 19.9 Å². The third-order valence-corrected chi connectivity index (χ3v) is 3.17. The number of urea groups is 1. The number of ether oxygens (including phenoxy) is 1. The second-order valence-electron chi connectivity index (χ2n) is 4.99. The van der Waals surface area contributed by atoms with E-state index in [0.29, 0.717) is 0 Å². The Morgan fingerprint density at radius 2 is 1.66 bits per heavy atom. The average Bonchev–Trinajstić information content (AvgIpc) is 2.71. The fourth-order valence-electron chi connectivity index (χ4n) is 1.97. The first-order valence-corrected chi connectivity index (χ1v) is 7.81. The zero-order chi connectivity index (χ0) is 19.5. The van der Waals surface area contributed by atoms with Gasteiger partial charge < -0.3 is 26.5 Å². The number of rotatable bonds is 4. The molecule has 2 aromatic heterocycles. The van der Waals surface area contributed by atoms with Crippen LogP contribution >= 0.6 is 0 Å². The molecule has 0 saturated carbocycles. The number of methoxy groups -OCH3 is 1. The van der Waals surface area contributed by atoms with Crippen molar-refractivity contribution in [2.45, 2.75) is 0 Å². The van der Waals surface area contributed by atoms with Crippen LogP contribution < -0.4 is 15.6 Å². The van der Waals surface area contributed by atoms with Gasteiger partial charge in [-0.25, -0.2) is 0 Å². The Hall–Kier alpha value is -3.46. The van der Waals surface area contributed by atoms with Gasteiger partial charge in [0.25, 0.3) is 0 Å². The van der Waals surface area contributed by atoms with Crippen LogP contribution in [0.2, 0.25) is 0 Å². The number of nitrogens with two attached hydrogens (primary N) is 1. The monoisotopic (exact) mass is 445 g/mol. The first-order chi connectivity index (χ1) is 13.1. The van der Waals surface area contributed by atoms with E-state index >= 15 is 0 Å². The molecule has 155 valence electrons. The maximum absolute atomic E-state index is 11.5. The summed E-state index contributed by atoms with van der Waals surface area (Å²) in [5, 5.41) is 14.8. The van der Waals surface area contributed by atoms with E-state index in [1.54, 1.807) is 18.5 Å². The molecular weight excluding hydrogens is 426 g/mol. The van der Waals surface area contributed by atoms with Gasteiger partial charge in [-0.15, -0.1) is 0 Å². The predicted octanol–water partition coefficient (Wildman–Crippen LogP) is 1.77. The fraction of sp³-hybridized carbons (Fsp3) is 0.0526. The van der Waals surface area contributed by atoms with Crippen LogP contribution in [-0.4, -0.2) is 29.3 Å². The second-order valence-corrected chi connectivity index (χ2v) is 4.99. The van der Waals surface area contributed by atoms with Gasteiger partial charge in [0.05, 0.1) is 18.5 Å². The number of carbonyl (C=O) groups is 1. The molecule has 10 heteroatoms. The van der Waals surface area contributed by atoms with E-state index in [-0.39, 0.29) is 39.6 Å². The zero-order valence-electron chi connectivity index (χ0n) is 15.4. The van der Waals surface area contributed by atoms with Crippen molar-refractivity contribution in [1.29, 1.82) is 0 Å². The van der Waals surface area contributed by atoms with Gasteiger partial charge in [-0.05, 0) is 35.9 Å². The molecule has 3 aromatic rings. The number of pyridine rings is 2. The summed E-state index contributed by atoms with van der Waals surface area (Å²) in [6.45, 7) is 0. The van der Waals surface area contributed by atoms with Crippen molar-refractivity contribution >= 4 is 12.2 Å². The summed E-state index contributed by atoms with van der Waals surface area (Å²) in [6.07, 6.45) is 4.68. The standard InChI is InChI=1S/C10H8N2.C9H11N3O3.Cu.H2O/c1-3-7-11-9(5-1)10-6-2-4-8-12-10;1-15-7-4-2-3-6(8(7)13)5-11-12-9(10)14;;/h1-8H;2-5H,1H3,(H4,10,11,12,13,14);;1H2/q;;+2;/p-1. The van der Waals surface area contributed by atoms with E-state index in [0.717, 1.165) is 17.6 Å². The molecule has 1 radical (unpaired) electrons. The third kappa shape index (κ3) is 8.39. The molecule has 2 amide bonds. The van der Waals surface area contributed by atoms with Crippen molar-refractivity contribution in [1.82, 2.24) is 9.97 Å². The molecule has 0 bridgehead atoms. The van der Waals surface area contributed by atoms with Gasteiger partial charge in [-0.2, -0.15) is 0 Å². The Balaban J connectivity index is 0.000000514. The molecule has 2 heterocycles. The summed E-state index contributed by atoms with van der Waals surface area (Å²) < 4.78 is 4.82. The van der Waals surface area contributed by atoms with Crippen molar-refractivity contribution in [3.8, 4) is 22.9 Å². The van der Waals surface area contributed by atoms with Gasteiger partial charge in [0, 0.05) is 18.6 Å². The summed E-state index contributed by atoms with van der Waals surface area (Å²) in [6, 6.07) is 15.4. The number of carbonyl (C=O) groups excluding carboxylic acids is 1. The number of hydrogen-bond donors (Lipinski definition) is 1. The van der Waals surface area contributed by atoms with Gasteiger partial charge in [0.15, 0.2) is 6.03 Å². The van der Waals surface area contributed by atoms with Crippen LogP contribution in [0.3, 0.4) is 0 Å². The van der Waals surface area contributed by atoms with Crippen LogP contribution in [0, 0.1) is 0 Å². The van der Waals surface area contributed by atoms with Gasteiger partial charge in [0.1, 0.15) is 5.75 Å². The summed E-state index contributed by atoms with van der Waals surface area (Å²) in [5.74, 6) is -0.110. The van der Waals surface area contributed by atoms with Crippen molar-refractivity contribution in [2.24, 2.45) is 10.8 Å². The third-order valence-electron chi connectivity index (χ3n) is 3.17. The van der Waals surface area contributed by atoms with Crippen LogP contribution in [-0.2, 0) is 22.5 Å². The molecule has 3 rings (SSSR count). The minimum atomic E-state index is -0.915. The minimum Gasteiger partial charge on any atom is -0.870 e. The Morgan fingerprint density at radius 1 is 1.07 bits per heavy atom. The molecule has 29 heavy (non-hydrogen) atoms. The summed E-state index contributed by atoms with van der Waals surface area (Å²) in [4.78, 5) is 18.6. The molecule has 1 aromatic carbocycles. The molecule has 9 nitrogen and oxygen atoms in total. The number of hydrogen-bond acceptors (Lipinski definition) is 6. The second kappa shape index (κ2) is 13.7. The van der Waals surface area contributed by atoms with E-state index in [4.69, 9.17) is 10.5 Å². The Bertz CT molecular complexity index is 858. The maximum atomic E-state index is 11.5. The Kier molecular flexibility index (Phi) is 12.0. The molecule has 0 atom stereocenters. The van der Waals surface area contributed by atoms with E-state index in [1.807, 2.05) is 36.4 Å². The zero-order valence-corrected chi connectivity index (χ0v) is 16.3. The smallest absolute Gasteiger partial charge is 0.870 e. The van der Waals surface area contributed by atoms with E-state index in [1.165, 1.54) is 19.2 Å². The van der Waals surface area contributed by atoms with Crippen LogP contribution in [0.15, 0.2) is 72.1 Å². The largest absolute Gasteiger partial charge is 2.00 e. The van der Waals surface area contributed by atoms with Crippen LogP contribution in [0.4, 0.5) is 4.79 Å². The minimum absolute atomic E-state index is 0. The van der Waals surface area contributed by atoms with Crippen molar-refractivity contribution in [3.63, 3.8) is 0 Å². The normalized spacial score (nSPS) is 9.28. The first kappa shape index (κ1) is 25.5. The number of primary amides is 1. The van der Waals surface area contributed by atoms with Gasteiger partial charge in [0.2, 0.25) is 0 Å². The summed E-state index contributed by atoms with van der Waals surface area (Å²) >= 11 is 0. The number of nitrogens with zero attached hydrogens (tertiary/aromatic N) is 4. The van der Waals surface area contributed by atoms with Crippen molar-refractivity contribution in [2.75, 3.05) is 7.11 Å². The Labute approximate surface area is 178 Å². The molecule has 0 aliphatic rings. The SMILES string of the molecule is COc1cccc(/C=N/[N-]C(N)=O)c1[O-].[Cu+2].[OH3+].c1ccc(-c2ccccn2)nc1. The predicted molar refractivity (Wildman–Crippen MR) is 105 cm³/mol. The van der Waals surface area contributed by atoms with E-state index < -0.39 is 6.03 Å². The maximum Gasteiger partial charge on any atom is 2.00 e. The van der Waals surface area contributed by atoms with Crippen LogP contribution in [0.25, 0.3) is 16.8 Å². The van der Waals surface area contributed by atoms with Crippen molar-refractivity contribution < 1.29 is 37.2 Å². The average molecular weight is 446 g/mol. The molecule has 0 unspecified atom stereocenters. The molecule has 0 saturated heterocycles. The number of benzene rings is 1. The topological polar surface area (TPSA) is 161 Å². The van der Waals surface area contributed by atoms with Gasteiger partial charge in [-0.1, -0.05) is 30.0 Å². The summed E-state index contributed by atoms with van der Waals surface area (Å²) in [7, 11) is 1.39. The first-order valence-electron chi connectivity index (χ1n) is 7.81. The molecular formula is C19H20CuN5O4+. The molecule has 0 fully saturated rings. The van der Waals surface area contributed by atoms with E-state index in [9.17, 15) is 9.90 Å². The molecule has 0 aliphatic carbocycles. The van der Waals surface area contributed by atoms with E-state index in [2.05, 4.69) is 20.5 Å². The van der Waals surface area contributed by atoms with Crippen LogP contribution in [0.1, 0.15) is 5.56 Å². The van der Waals surface area contributed by atoms with Crippen LogP contribution in [0.5, 0.6) is 11.5 Å².